The molecular weight excluding hydrogens is 328 g/mol. The van der Waals surface area contributed by atoms with Crippen LogP contribution >= 0.6 is 0 Å². The Balaban J connectivity index is 1.34. The lowest BCUT2D eigenvalue weighted by molar-refractivity contribution is 0.173. The quantitative estimate of drug-likeness (QED) is 0.899. The monoisotopic (exact) mass is 354 g/mol. The van der Waals surface area contributed by atoms with Gasteiger partial charge >= 0.3 is 6.03 Å². The Morgan fingerprint density at radius 2 is 2.12 bits per heavy atom. The zero-order valence-electron chi connectivity index (χ0n) is 15.5. The zero-order valence-corrected chi connectivity index (χ0v) is 15.5. The van der Waals surface area contributed by atoms with Crippen LogP contribution in [0.4, 0.5) is 10.5 Å². The van der Waals surface area contributed by atoms with Crippen LogP contribution in [-0.4, -0.2) is 34.2 Å². The minimum absolute atomic E-state index is 0.0258. The summed E-state index contributed by atoms with van der Waals surface area (Å²) >= 11 is 0. The van der Waals surface area contributed by atoms with E-state index in [1.54, 1.807) is 0 Å². The van der Waals surface area contributed by atoms with Gasteiger partial charge in [-0.2, -0.15) is 4.98 Å². The lowest BCUT2D eigenvalue weighted by Crippen LogP contribution is -2.42. The van der Waals surface area contributed by atoms with Gasteiger partial charge in [0.05, 0.1) is 0 Å². The molecule has 1 saturated carbocycles. The van der Waals surface area contributed by atoms with Crippen LogP contribution in [0, 0.1) is 19.8 Å². The third-order valence-corrected chi connectivity index (χ3v) is 5.45. The number of anilines is 1. The first-order valence-electron chi connectivity index (χ1n) is 9.54. The van der Waals surface area contributed by atoms with Crippen molar-refractivity contribution in [1.82, 2.24) is 15.0 Å². The van der Waals surface area contributed by atoms with E-state index in [2.05, 4.69) is 29.3 Å². The molecule has 1 unspecified atom stereocenters. The van der Waals surface area contributed by atoms with Gasteiger partial charge in [0.25, 0.3) is 0 Å². The molecule has 4 rings (SSSR count). The first-order chi connectivity index (χ1) is 12.6. The number of carbonyl (C=O) groups is 1. The number of aromatic nitrogens is 2. The molecular formula is C20H26N4O2. The van der Waals surface area contributed by atoms with Crippen molar-refractivity contribution >= 4 is 11.7 Å². The van der Waals surface area contributed by atoms with Crippen molar-refractivity contribution in [2.75, 3.05) is 18.4 Å². The summed E-state index contributed by atoms with van der Waals surface area (Å²) in [4.78, 5) is 19.1. The van der Waals surface area contributed by atoms with E-state index in [9.17, 15) is 4.79 Å². The van der Waals surface area contributed by atoms with Crippen LogP contribution in [0.3, 0.4) is 0 Å². The van der Waals surface area contributed by atoms with E-state index in [1.807, 2.05) is 23.1 Å². The van der Waals surface area contributed by atoms with E-state index in [0.717, 1.165) is 43.9 Å². The normalized spacial score (nSPS) is 20.2. The van der Waals surface area contributed by atoms with E-state index >= 15 is 0 Å². The third-order valence-electron chi connectivity index (χ3n) is 5.45. The molecule has 0 spiro atoms. The molecule has 138 valence electrons. The third kappa shape index (κ3) is 3.89. The number of amides is 2. The van der Waals surface area contributed by atoms with Gasteiger partial charge in [-0.25, -0.2) is 4.79 Å². The second-order valence-electron chi connectivity index (χ2n) is 7.71. The van der Waals surface area contributed by atoms with E-state index in [-0.39, 0.29) is 6.03 Å². The molecule has 2 amide bonds. The van der Waals surface area contributed by atoms with Gasteiger partial charge in [-0.05, 0) is 68.7 Å². The van der Waals surface area contributed by atoms with Crippen molar-refractivity contribution < 1.29 is 9.32 Å². The van der Waals surface area contributed by atoms with Gasteiger partial charge < -0.3 is 14.7 Å². The molecule has 26 heavy (non-hydrogen) atoms. The van der Waals surface area contributed by atoms with Crippen LogP contribution in [0.25, 0.3) is 0 Å². The molecule has 6 nitrogen and oxygen atoms in total. The smallest absolute Gasteiger partial charge is 0.321 e. The lowest BCUT2D eigenvalue weighted by atomic mass is 9.95. The number of benzene rings is 1. The summed E-state index contributed by atoms with van der Waals surface area (Å²) in [5, 5.41) is 7.12. The Labute approximate surface area is 154 Å². The Bertz CT molecular complexity index is 797. The largest absolute Gasteiger partial charge is 0.339 e. The van der Waals surface area contributed by atoms with E-state index < -0.39 is 0 Å². The number of likely N-dealkylation sites (tertiary alicyclic amines) is 1. The average Bonchev–Trinajstić information content (AvgIpc) is 3.38. The summed E-state index contributed by atoms with van der Waals surface area (Å²) in [6.45, 7) is 5.66. The Morgan fingerprint density at radius 1 is 1.27 bits per heavy atom. The highest BCUT2D eigenvalue weighted by Crippen LogP contribution is 2.38. The Morgan fingerprint density at radius 3 is 2.88 bits per heavy atom. The SMILES string of the molecule is Cc1ccc(NC(=O)N2CCCC(Cc3nc(C4CC4)no3)C2)cc1C. The molecule has 1 aromatic heterocycles. The van der Waals surface area contributed by atoms with E-state index in [0.29, 0.717) is 17.7 Å². The van der Waals surface area contributed by atoms with Gasteiger partial charge in [0, 0.05) is 31.1 Å². The molecule has 1 saturated heterocycles. The first kappa shape index (κ1) is 17.1. The molecule has 1 N–H and O–H groups in total. The molecule has 2 fully saturated rings. The van der Waals surface area contributed by atoms with Gasteiger partial charge in [-0.1, -0.05) is 11.2 Å². The molecule has 2 aromatic rings. The predicted molar refractivity (Wildman–Crippen MR) is 99.2 cm³/mol. The molecule has 1 aliphatic heterocycles. The summed E-state index contributed by atoms with van der Waals surface area (Å²) in [6, 6.07) is 5.99. The summed E-state index contributed by atoms with van der Waals surface area (Å²) in [5.74, 6) is 2.47. The fourth-order valence-electron chi connectivity index (χ4n) is 3.54. The van der Waals surface area contributed by atoms with Crippen molar-refractivity contribution in [3.63, 3.8) is 0 Å². The Hall–Kier alpha value is -2.37. The number of carbonyl (C=O) groups excluding carboxylic acids is 1. The predicted octanol–water partition coefficient (Wildman–Crippen LogP) is 4.05. The lowest BCUT2D eigenvalue weighted by Gasteiger charge is -2.32. The molecule has 0 radical (unpaired) electrons. The fourth-order valence-corrected chi connectivity index (χ4v) is 3.54. The van der Waals surface area contributed by atoms with Crippen LogP contribution in [0.5, 0.6) is 0 Å². The second-order valence-corrected chi connectivity index (χ2v) is 7.71. The van der Waals surface area contributed by atoms with Crippen LogP contribution < -0.4 is 5.32 Å². The number of hydrogen-bond donors (Lipinski definition) is 1. The van der Waals surface area contributed by atoms with Gasteiger partial charge in [0.15, 0.2) is 5.82 Å². The van der Waals surface area contributed by atoms with Gasteiger partial charge in [0.1, 0.15) is 0 Å². The minimum atomic E-state index is -0.0258. The van der Waals surface area contributed by atoms with Crippen molar-refractivity contribution in [3.05, 3.63) is 41.0 Å². The molecule has 1 atom stereocenters. The van der Waals surface area contributed by atoms with Crippen LogP contribution in [0.15, 0.2) is 22.7 Å². The van der Waals surface area contributed by atoms with Crippen LogP contribution in [0.1, 0.15) is 54.4 Å². The van der Waals surface area contributed by atoms with E-state index in [4.69, 9.17) is 4.52 Å². The zero-order chi connectivity index (χ0) is 18.1. The summed E-state index contributed by atoms with van der Waals surface area (Å²) < 4.78 is 5.40. The maximum Gasteiger partial charge on any atom is 0.321 e. The topological polar surface area (TPSA) is 71.3 Å². The number of rotatable bonds is 4. The molecule has 1 aromatic carbocycles. The highest BCUT2D eigenvalue weighted by molar-refractivity contribution is 5.89. The molecule has 1 aliphatic carbocycles. The molecule has 0 bridgehead atoms. The number of nitrogens with one attached hydrogen (secondary N) is 1. The highest BCUT2D eigenvalue weighted by atomic mass is 16.5. The number of nitrogens with zero attached hydrogens (tertiary/aromatic N) is 3. The highest BCUT2D eigenvalue weighted by Gasteiger charge is 2.30. The second kappa shape index (κ2) is 7.09. The van der Waals surface area contributed by atoms with Crippen molar-refractivity contribution in [2.24, 2.45) is 5.92 Å². The maximum atomic E-state index is 12.6. The number of aryl methyl sites for hydroxylation is 2. The van der Waals surface area contributed by atoms with Gasteiger partial charge in [0.2, 0.25) is 5.89 Å². The van der Waals surface area contributed by atoms with Crippen molar-refractivity contribution in [1.29, 1.82) is 0 Å². The van der Waals surface area contributed by atoms with Gasteiger partial charge in [-0.3, -0.25) is 0 Å². The minimum Gasteiger partial charge on any atom is -0.339 e. The van der Waals surface area contributed by atoms with Crippen LogP contribution in [0.2, 0.25) is 0 Å². The Kier molecular flexibility index (Phi) is 4.66. The average molecular weight is 354 g/mol. The summed E-state index contributed by atoms with van der Waals surface area (Å²) in [6.07, 6.45) is 5.21. The standard InChI is InChI=1S/C20H26N4O2/c1-13-5-8-17(10-14(13)2)21-20(25)24-9-3-4-15(12-24)11-18-22-19(23-26-18)16-6-7-16/h5,8,10,15-16H,3-4,6-7,9,11-12H2,1-2H3,(H,21,25). The molecule has 6 heteroatoms. The van der Waals surface area contributed by atoms with Crippen LogP contribution in [-0.2, 0) is 6.42 Å². The van der Waals surface area contributed by atoms with Crippen molar-refractivity contribution in [3.8, 4) is 0 Å². The maximum absolute atomic E-state index is 12.6. The number of hydrogen-bond acceptors (Lipinski definition) is 4. The fraction of sp³-hybridized carbons (Fsp3) is 0.550. The molecule has 2 heterocycles. The van der Waals surface area contributed by atoms with E-state index in [1.165, 1.54) is 24.0 Å². The van der Waals surface area contributed by atoms with Gasteiger partial charge in [-0.15, -0.1) is 0 Å². The summed E-state index contributed by atoms with van der Waals surface area (Å²) in [5.41, 5.74) is 3.26. The molecule has 2 aliphatic rings. The summed E-state index contributed by atoms with van der Waals surface area (Å²) in [7, 11) is 0. The van der Waals surface area contributed by atoms with Crippen molar-refractivity contribution in [2.45, 2.75) is 51.9 Å². The first-order valence-corrected chi connectivity index (χ1v) is 9.54. The number of urea groups is 1. The number of piperidine rings is 1.